The highest BCUT2D eigenvalue weighted by molar-refractivity contribution is 5.78. The quantitative estimate of drug-likeness (QED) is 0.825. The van der Waals surface area contributed by atoms with Crippen molar-refractivity contribution in [3.8, 4) is 0 Å². The van der Waals surface area contributed by atoms with E-state index in [1.165, 1.54) is 19.3 Å². The number of carbonyl (C=O) groups is 2. The molecule has 3 fully saturated rings. The third kappa shape index (κ3) is 2.96. The van der Waals surface area contributed by atoms with Crippen LogP contribution in [0, 0.1) is 16.7 Å². The Labute approximate surface area is 145 Å². The zero-order chi connectivity index (χ0) is 17.5. The van der Waals surface area contributed by atoms with E-state index >= 15 is 0 Å². The summed E-state index contributed by atoms with van der Waals surface area (Å²) in [5.41, 5.74) is 0.675. The number of hydrogen-bond donors (Lipinski definition) is 2. The predicted molar refractivity (Wildman–Crippen MR) is 94.4 cm³/mol. The minimum atomic E-state index is -0.00967. The van der Waals surface area contributed by atoms with Gasteiger partial charge in [0.25, 0.3) is 0 Å². The highest BCUT2D eigenvalue weighted by Gasteiger charge is 2.61. The van der Waals surface area contributed by atoms with Gasteiger partial charge in [0.05, 0.1) is 6.54 Å². The van der Waals surface area contributed by atoms with Crippen molar-refractivity contribution < 1.29 is 9.59 Å². The maximum atomic E-state index is 12.6. The van der Waals surface area contributed by atoms with Gasteiger partial charge in [-0.05, 0) is 48.9 Å². The molecule has 2 N–H and O–H groups in total. The second-order valence-electron chi connectivity index (χ2n) is 8.92. The van der Waals surface area contributed by atoms with Crippen molar-refractivity contribution in [1.29, 1.82) is 0 Å². The molecule has 1 saturated heterocycles. The molecule has 5 heteroatoms. The van der Waals surface area contributed by atoms with E-state index in [-0.39, 0.29) is 17.9 Å². The first kappa shape index (κ1) is 17.7. The highest BCUT2D eigenvalue weighted by Crippen LogP contribution is 2.65. The number of rotatable bonds is 4. The summed E-state index contributed by atoms with van der Waals surface area (Å²) >= 11 is 0. The smallest absolute Gasteiger partial charge is 0.236 e. The first-order valence-electron chi connectivity index (χ1n) is 9.52. The van der Waals surface area contributed by atoms with E-state index < -0.39 is 0 Å². The maximum Gasteiger partial charge on any atom is 0.236 e. The Kier molecular flexibility index (Phi) is 4.67. The Balaban J connectivity index is 1.52. The molecule has 0 radical (unpaired) electrons. The van der Waals surface area contributed by atoms with Crippen molar-refractivity contribution in [2.75, 3.05) is 19.6 Å². The maximum absolute atomic E-state index is 12.6. The molecule has 5 nitrogen and oxygen atoms in total. The van der Waals surface area contributed by atoms with E-state index in [1.807, 2.05) is 4.90 Å². The van der Waals surface area contributed by atoms with Crippen molar-refractivity contribution in [2.24, 2.45) is 16.7 Å². The van der Waals surface area contributed by atoms with Crippen LogP contribution < -0.4 is 10.6 Å². The summed E-state index contributed by atoms with van der Waals surface area (Å²) < 4.78 is 0. The molecule has 3 aliphatic rings. The molecule has 4 atom stereocenters. The summed E-state index contributed by atoms with van der Waals surface area (Å²) in [6.45, 7) is 10.6. The molecule has 0 aromatic carbocycles. The first-order chi connectivity index (χ1) is 11.2. The van der Waals surface area contributed by atoms with Crippen LogP contribution in [-0.2, 0) is 9.59 Å². The molecule has 2 amide bonds. The summed E-state index contributed by atoms with van der Waals surface area (Å²) in [5.74, 6) is 0.952. The summed E-state index contributed by atoms with van der Waals surface area (Å²) in [6, 6.07) is 0.560. The number of hydrogen-bond acceptors (Lipinski definition) is 3. The molecule has 1 heterocycles. The molecule has 1 aliphatic heterocycles. The van der Waals surface area contributed by atoms with E-state index in [2.05, 4.69) is 31.4 Å². The van der Waals surface area contributed by atoms with Gasteiger partial charge in [-0.2, -0.15) is 0 Å². The number of likely N-dealkylation sites (tertiary alicyclic amines) is 1. The van der Waals surface area contributed by atoms with Crippen LogP contribution in [0.1, 0.15) is 59.8 Å². The fraction of sp³-hybridized carbons (Fsp3) is 0.895. The van der Waals surface area contributed by atoms with Gasteiger partial charge in [-0.15, -0.1) is 0 Å². The second kappa shape index (κ2) is 6.32. The number of fused-ring (bicyclic) bond motifs is 2. The fourth-order valence-corrected chi connectivity index (χ4v) is 5.44. The van der Waals surface area contributed by atoms with Gasteiger partial charge in [0, 0.05) is 32.1 Å². The van der Waals surface area contributed by atoms with Crippen molar-refractivity contribution in [2.45, 2.75) is 71.9 Å². The van der Waals surface area contributed by atoms with Crippen LogP contribution in [0.5, 0.6) is 0 Å². The Hall–Kier alpha value is -1.10. The van der Waals surface area contributed by atoms with Crippen molar-refractivity contribution in [1.82, 2.24) is 15.5 Å². The number of nitrogens with one attached hydrogen (secondary N) is 2. The van der Waals surface area contributed by atoms with Crippen LogP contribution in [0.4, 0.5) is 0 Å². The van der Waals surface area contributed by atoms with Crippen LogP contribution in [0.2, 0.25) is 0 Å². The van der Waals surface area contributed by atoms with Crippen molar-refractivity contribution >= 4 is 11.8 Å². The molecular formula is C19H33N3O2. The van der Waals surface area contributed by atoms with E-state index in [4.69, 9.17) is 0 Å². The molecule has 2 aliphatic carbocycles. The van der Waals surface area contributed by atoms with E-state index in [9.17, 15) is 9.59 Å². The monoisotopic (exact) mass is 335 g/mol. The lowest BCUT2D eigenvalue weighted by molar-refractivity contribution is -0.132. The summed E-state index contributed by atoms with van der Waals surface area (Å²) in [5, 5.41) is 6.53. The Morgan fingerprint density at radius 3 is 2.54 bits per heavy atom. The van der Waals surface area contributed by atoms with E-state index in [0.717, 1.165) is 25.3 Å². The minimum absolute atomic E-state index is 0.00967. The van der Waals surface area contributed by atoms with Gasteiger partial charge in [0.15, 0.2) is 0 Å². The molecule has 3 rings (SSSR count). The number of carbonyl (C=O) groups excluding carboxylic acids is 2. The fourth-order valence-electron chi connectivity index (χ4n) is 5.44. The molecule has 24 heavy (non-hydrogen) atoms. The normalized spacial score (nSPS) is 37.5. The van der Waals surface area contributed by atoms with Gasteiger partial charge < -0.3 is 15.5 Å². The summed E-state index contributed by atoms with van der Waals surface area (Å²) in [4.78, 5) is 25.8. The van der Waals surface area contributed by atoms with Crippen LogP contribution in [0.3, 0.4) is 0 Å². The van der Waals surface area contributed by atoms with Crippen LogP contribution in [0.15, 0.2) is 0 Å². The van der Waals surface area contributed by atoms with Crippen molar-refractivity contribution in [3.63, 3.8) is 0 Å². The number of amides is 2. The molecule has 0 aromatic rings. The van der Waals surface area contributed by atoms with Gasteiger partial charge in [-0.3, -0.25) is 9.59 Å². The van der Waals surface area contributed by atoms with Gasteiger partial charge in [0.2, 0.25) is 11.8 Å². The lowest BCUT2D eigenvalue weighted by atomic mass is 9.69. The second-order valence-corrected chi connectivity index (χ2v) is 8.92. The molecule has 0 spiro atoms. The Morgan fingerprint density at radius 1 is 1.21 bits per heavy atom. The van der Waals surface area contributed by atoms with E-state index in [0.29, 0.717) is 30.0 Å². The largest absolute Gasteiger partial charge is 0.352 e. The standard InChI is InChI=1S/C19H33N3O2/c1-13(23)21-15-6-5-9-22(12-15)17(24)11-20-16-10-14-7-8-19(16,4)18(14,2)3/h14-16,20H,5-12H2,1-4H3,(H,21,23). The molecule has 0 aromatic heterocycles. The van der Waals surface area contributed by atoms with E-state index in [1.54, 1.807) is 6.92 Å². The average molecular weight is 335 g/mol. The van der Waals surface area contributed by atoms with Crippen molar-refractivity contribution in [3.05, 3.63) is 0 Å². The first-order valence-corrected chi connectivity index (χ1v) is 9.52. The third-order valence-electron chi connectivity index (χ3n) is 7.48. The summed E-state index contributed by atoms with van der Waals surface area (Å²) in [6.07, 6.45) is 5.73. The molecule has 2 saturated carbocycles. The van der Waals surface area contributed by atoms with Crippen LogP contribution in [-0.4, -0.2) is 48.4 Å². The Morgan fingerprint density at radius 2 is 1.96 bits per heavy atom. The van der Waals surface area contributed by atoms with Crippen LogP contribution in [0.25, 0.3) is 0 Å². The predicted octanol–water partition coefficient (Wildman–Crippen LogP) is 1.92. The minimum Gasteiger partial charge on any atom is -0.352 e. The molecule has 4 unspecified atom stereocenters. The Bertz CT molecular complexity index is 519. The number of nitrogens with zero attached hydrogens (tertiary/aromatic N) is 1. The van der Waals surface area contributed by atoms with Gasteiger partial charge in [0.1, 0.15) is 0 Å². The zero-order valence-electron chi connectivity index (χ0n) is 15.7. The average Bonchev–Trinajstić information content (AvgIpc) is 2.85. The lowest BCUT2D eigenvalue weighted by Crippen LogP contribution is -2.53. The molecular weight excluding hydrogens is 302 g/mol. The molecule has 136 valence electrons. The van der Waals surface area contributed by atoms with Crippen LogP contribution >= 0.6 is 0 Å². The third-order valence-corrected chi connectivity index (χ3v) is 7.48. The lowest BCUT2D eigenvalue weighted by Gasteiger charge is -2.40. The zero-order valence-corrected chi connectivity index (χ0v) is 15.7. The van der Waals surface area contributed by atoms with Gasteiger partial charge in [-0.25, -0.2) is 0 Å². The van der Waals surface area contributed by atoms with Gasteiger partial charge in [-0.1, -0.05) is 20.8 Å². The topological polar surface area (TPSA) is 61.4 Å². The highest BCUT2D eigenvalue weighted by atomic mass is 16.2. The SMILES string of the molecule is CC(=O)NC1CCCN(C(=O)CNC2CC3CCC2(C)C3(C)C)C1. The molecule has 2 bridgehead atoms. The van der Waals surface area contributed by atoms with Gasteiger partial charge >= 0.3 is 0 Å². The number of piperidine rings is 1. The summed E-state index contributed by atoms with van der Waals surface area (Å²) in [7, 11) is 0.